The van der Waals surface area contributed by atoms with Crippen molar-refractivity contribution in [3.05, 3.63) is 23.5 Å². The molecule has 0 fully saturated rings. The van der Waals surface area contributed by atoms with E-state index in [0.717, 1.165) is 0 Å². The summed E-state index contributed by atoms with van der Waals surface area (Å²) in [6.45, 7) is 0. The molecule has 6 heteroatoms. The summed E-state index contributed by atoms with van der Waals surface area (Å²) in [5, 5.41) is 7.22. The molecule has 0 spiro atoms. The molecule has 0 N–H and O–H groups in total. The lowest BCUT2D eigenvalue weighted by atomic mass is 10.2. The Bertz CT molecular complexity index is 488. The number of hydrogen-bond acceptors (Lipinski definition) is 4. The van der Waals surface area contributed by atoms with Crippen LogP contribution in [-0.2, 0) is 15.5 Å². The lowest BCUT2D eigenvalue weighted by molar-refractivity contribution is 0.0997. The number of amides is 1. The highest BCUT2D eigenvalue weighted by Crippen LogP contribution is 2.17. The molecule has 1 amide bonds. The maximum absolute atomic E-state index is 11.5. The van der Waals surface area contributed by atoms with Crippen LogP contribution in [0.5, 0.6) is 0 Å². The molecule has 2 rings (SSSR count). The van der Waals surface area contributed by atoms with E-state index in [1.165, 1.54) is 12.5 Å². The van der Waals surface area contributed by atoms with Gasteiger partial charge in [-0.2, -0.15) is 9.46 Å². The lowest BCUT2D eigenvalue weighted by Crippen LogP contribution is -2.17. The van der Waals surface area contributed by atoms with Crippen molar-refractivity contribution >= 4 is 15.6 Å². The minimum absolute atomic E-state index is 0.225. The fourth-order valence-corrected chi connectivity index (χ4v) is 2.51. The molecular formula is C7H7N3O2S. The number of nitrogens with zero attached hydrogens (tertiary/aromatic N) is 3. The topological polar surface area (TPSA) is 72.3 Å². The summed E-state index contributed by atoms with van der Waals surface area (Å²) in [5.74, 6) is -0.245. The van der Waals surface area contributed by atoms with E-state index in [2.05, 4.69) is 14.6 Å². The molecule has 0 saturated heterocycles. The van der Waals surface area contributed by atoms with Gasteiger partial charge < -0.3 is 0 Å². The van der Waals surface area contributed by atoms with E-state index in [-0.39, 0.29) is 11.4 Å². The molecule has 1 unspecified atom stereocenters. The van der Waals surface area contributed by atoms with Crippen molar-refractivity contribution in [3.8, 4) is 0 Å². The first-order chi connectivity index (χ1) is 6.08. The second-order valence-electron chi connectivity index (χ2n) is 2.91. The minimum Gasteiger partial charge on any atom is -0.264 e. The molecular weight excluding hydrogens is 190 g/mol. The Balaban J connectivity index is 2.66. The normalized spacial score (nSPS) is 26.4. The standard InChI is InChI=1S/C7H7N3O2S/c1-13(12)4-5-2-3-8-9-6(5)7(11)10-13/h2-3H,4H2,1H3. The smallest absolute Gasteiger partial charge is 0.264 e. The van der Waals surface area contributed by atoms with Gasteiger partial charge in [-0.05, 0) is 6.07 Å². The summed E-state index contributed by atoms with van der Waals surface area (Å²) in [7, 11) is -2.39. The van der Waals surface area contributed by atoms with Crippen LogP contribution >= 0.6 is 0 Å². The molecule has 68 valence electrons. The predicted octanol–water partition coefficient (Wildman–Crippen LogP) is 0.228. The molecule has 1 atom stereocenters. The number of aromatic nitrogens is 2. The summed E-state index contributed by atoms with van der Waals surface area (Å²) in [6, 6.07) is 1.65. The molecule has 0 radical (unpaired) electrons. The van der Waals surface area contributed by atoms with Crippen molar-refractivity contribution < 1.29 is 9.00 Å². The van der Waals surface area contributed by atoms with Gasteiger partial charge in [0.25, 0.3) is 0 Å². The number of hydrogen-bond donors (Lipinski definition) is 0. The zero-order chi connectivity index (χ0) is 9.47. The molecule has 2 heterocycles. The Kier molecular flexibility index (Phi) is 1.66. The average molecular weight is 197 g/mol. The Morgan fingerprint density at radius 2 is 2.31 bits per heavy atom. The first kappa shape index (κ1) is 8.31. The van der Waals surface area contributed by atoms with Gasteiger partial charge in [0.2, 0.25) is 0 Å². The molecule has 13 heavy (non-hydrogen) atoms. The van der Waals surface area contributed by atoms with E-state index in [4.69, 9.17) is 0 Å². The van der Waals surface area contributed by atoms with E-state index < -0.39 is 15.6 Å². The van der Waals surface area contributed by atoms with Crippen LogP contribution in [0.25, 0.3) is 0 Å². The fourth-order valence-electron chi connectivity index (χ4n) is 1.19. The zero-order valence-electron chi connectivity index (χ0n) is 6.93. The van der Waals surface area contributed by atoms with Crippen LogP contribution in [0.4, 0.5) is 0 Å². The average Bonchev–Trinajstić information content (AvgIpc) is 2.02. The fraction of sp³-hybridized carbons (Fsp3) is 0.286. The van der Waals surface area contributed by atoms with Crippen molar-refractivity contribution in [2.24, 2.45) is 4.36 Å². The largest absolute Gasteiger partial charge is 0.305 e. The van der Waals surface area contributed by atoms with Gasteiger partial charge in [0.15, 0.2) is 5.69 Å². The monoisotopic (exact) mass is 197 g/mol. The highest BCUT2D eigenvalue weighted by Gasteiger charge is 2.22. The lowest BCUT2D eigenvalue weighted by Gasteiger charge is -2.11. The van der Waals surface area contributed by atoms with Gasteiger partial charge in [-0.1, -0.05) is 0 Å². The van der Waals surface area contributed by atoms with Crippen molar-refractivity contribution in [1.29, 1.82) is 0 Å². The van der Waals surface area contributed by atoms with Crippen LogP contribution in [0.15, 0.2) is 16.6 Å². The summed E-state index contributed by atoms with van der Waals surface area (Å²) >= 11 is 0. The third-order valence-electron chi connectivity index (χ3n) is 1.71. The van der Waals surface area contributed by atoms with Gasteiger partial charge in [-0.3, -0.25) is 4.79 Å². The number of fused-ring (bicyclic) bond motifs is 1. The predicted molar refractivity (Wildman–Crippen MR) is 46.6 cm³/mol. The Labute approximate surface area is 75.4 Å². The molecule has 0 aliphatic carbocycles. The van der Waals surface area contributed by atoms with Gasteiger partial charge in [0.05, 0.1) is 15.5 Å². The molecule has 0 saturated carbocycles. The molecule has 0 aromatic carbocycles. The van der Waals surface area contributed by atoms with Crippen LogP contribution in [0.2, 0.25) is 0 Å². The summed E-state index contributed by atoms with van der Waals surface area (Å²) in [6.07, 6.45) is 2.95. The SMILES string of the molecule is CS1(=O)=NC(=O)c2nnccc2C1. The molecule has 1 aromatic rings. The van der Waals surface area contributed by atoms with Crippen LogP contribution in [-0.4, -0.2) is 26.6 Å². The minimum atomic E-state index is -2.39. The van der Waals surface area contributed by atoms with E-state index in [9.17, 15) is 9.00 Å². The second-order valence-corrected chi connectivity index (χ2v) is 5.30. The zero-order valence-corrected chi connectivity index (χ0v) is 7.74. The van der Waals surface area contributed by atoms with E-state index in [1.54, 1.807) is 6.07 Å². The third-order valence-corrected chi connectivity index (χ3v) is 3.10. The van der Waals surface area contributed by atoms with Gasteiger partial charge >= 0.3 is 5.91 Å². The highest BCUT2D eigenvalue weighted by molar-refractivity contribution is 7.92. The molecule has 5 nitrogen and oxygen atoms in total. The Hall–Kier alpha value is -1.30. The first-order valence-electron chi connectivity index (χ1n) is 3.63. The number of carbonyl (C=O) groups is 1. The van der Waals surface area contributed by atoms with Gasteiger partial charge in [0, 0.05) is 18.0 Å². The van der Waals surface area contributed by atoms with Crippen LogP contribution in [0.1, 0.15) is 16.1 Å². The summed E-state index contributed by atoms with van der Waals surface area (Å²) in [4.78, 5) is 11.3. The van der Waals surface area contributed by atoms with Gasteiger partial charge in [0.1, 0.15) is 0 Å². The maximum atomic E-state index is 11.5. The third kappa shape index (κ3) is 1.44. The quantitative estimate of drug-likeness (QED) is 0.596. The summed E-state index contributed by atoms with van der Waals surface area (Å²) < 4.78 is 15.1. The molecule has 1 aliphatic heterocycles. The van der Waals surface area contributed by atoms with Crippen molar-refractivity contribution in [3.63, 3.8) is 0 Å². The first-order valence-corrected chi connectivity index (χ1v) is 5.72. The maximum Gasteiger partial charge on any atom is 0.305 e. The Morgan fingerprint density at radius 3 is 3.08 bits per heavy atom. The van der Waals surface area contributed by atoms with Gasteiger partial charge in [-0.15, -0.1) is 5.10 Å². The second kappa shape index (κ2) is 2.59. The van der Waals surface area contributed by atoms with E-state index in [1.807, 2.05) is 0 Å². The number of carbonyl (C=O) groups excluding carboxylic acids is 1. The molecule has 0 bridgehead atoms. The van der Waals surface area contributed by atoms with Crippen molar-refractivity contribution in [2.45, 2.75) is 5.75 Å². The van der Waals surface area contributed by atoms with Crippen molar-refractivity contribution in [1.82, 2.24) is 10.2 Å². The number of rotatable bonds is 0. The van der Waals surface area contributed by atoms with Crippen LogP contribution in [0.3, 0.4) is 0 Å². The summed E-state index contributed by atoms with van der Waals surface area (Å²) in [5.41, 5.74) is 0.894. The highest BCUT2D eigenvalue weighted by atomic mass is 32.2. The van der Waals surface area contributed by atoms with E-state index >= 15 is 0 Å². The van der Waals surface area contributed by atoms with Crippen LogP contribution < -0.4 is 0 Å². The molecule has 1 aromatic heterocycles. The van der Waals surface area contributed by atoms with E-state index in [0.29, 0.717) is 5.56 Å². The Morgan fingerprint density at radius 1 is 1.54 bits per heavy atom. The van der Waals surface area contributed by atoms with Crippen molar-refractivity contribution in [2.75, 3.05) is 6.26 Å². The molecule has 1 aliphatic rings. The van der Waals surface area contributed by atoms with Gasteiger partial charge in [-0.25, -0.2) is 4.21 Å². The van der Waals surface area contributed by atoms with Crippen LogP contribution in [0, 0.1) is 0 Å².